The van der Waals surface area contributed by atoms with Crippen LogP contribution in [0.4, 0.5) is 11.4 Å². The van der Waals surface area contributed by atoms with Crippen molar-refractivity contribution in [3.63, 3.8) is 0 Å². The van der Waals surface area contributed by atoms with Crippen molar-refractivity contribution in [1.82, 2.24) is 0 Å². The molecular weight excluding hydrogens is 332 g/mol. The highest BCUT2D eigenvalue weighted by atomic mass is 16.6. The molecule has 0 aliphatic rings. The van der Waals surface area contributed by atoms with Gasteiger partial charge in [-0.1, -0.05) is 13.8 Å². The van der Waals surface area contributed by atoms with Crippen molar-refractivity contribution < 1.29 is 14.4 Å². The number of nitrogens with zero attached hydrogens (tertiary/aromatic N) is 1. The Balaban J connectivity index is 0.000000263. The number of hydrogen-bond donors (Lipinski definition) is 1. The minimum absolute atomic E-state index is 0.133. The molecule has 0 radical (unpaired) electrons. The van der Waals surface area contributed by atoms with Crippen LogP contribution in [0.3, 0.4) is 0 Å². The number of aryl methyl sites for hydroxylation is 2. The smallest absolute Gasteiger partial charge is 0.272 e. The highest BCUT2D eigenvalue weighted by molar-refractivity contribution is 5.49. The summed E-state index contributed by atoms with van der Waals surface area (Å²) in [5.41, 5.74) is 8.31. The maximum atomic E-state index is 10.5. The molecule has 2 aromatic carbocycles. The molecule has 0 fully saturated rings. The zero-order chi connectivity index (χ0) is 19.5. The van der Waals surface area contributed by atoms with Gasteiger partial charge in [0.1, 0.15) is 11.5 Å². The summed E-state index contributed by atoms with van der Waals surface area (Å²) in [4.78, 5) is 10.1. The molecular formula is C20H28N2O4. The fraction of sp³-hybridized carbons (Fsp3) is 0.400. The first kappa shape index (κ1) is 21.3. The van der Waals surface area contributed by atoms with Crippen LogP contribution in [0.1, 0.15) is 37.8 Å². The van der Waals surface area contributed by atoms with Crippen LogP contribution in [0.2, 0.25) is 0 Å². The van der Waals surface area contributed by atoms with Crippen molar-refractivity contribution in [2.45, 2.75) is 40.5 Å². The first-order valence-corrected chi connectivity index (χ1v) is 8.75. The van der Waals surface area contributed by atoms with Crippen molar-refractivity contribution >= 4 is 11.4 Å². The number of nitro groups is 1. The molecule has 2 N–H and O–H groups in total. The molecule has 6 nitrogen and oxygen atoms in total. The van der Waals surface area contributed by atoms with Gasteiger partial charge in [0.05, 0.1) is 18.1 Å². The second-order valence-corrected chi connectivity index (χ2v) is 5.92. The fourth-order valence-corrected chi connectivity index (χ4v) is 2.10. The number of anilines is 1. The van der Waals surface area contributed by atoms with Crippen LogP contribution in [0, 0.1) is 24.0 Å². The summed E-state index contributed by atoms with van der Waals surface area (Å²) in [6.45, 7) is 9.19. The molecule has 26 heavy (non-hydrogen) atoms. The molecule has 0 saturated heterocycles. The van der Waals surface area contributed by atoms with Crippen LogP contribution < -0.4 is 15.2 Å². The van der Waals surface area contributed by atoms with Gasteiger partial charge < -0.3 is 15.2 Å². The summed E-state index contributed by atoms with van der Waals surface area (Å²) in [5, 5.41) is 10.5. The summed E-state index contributed by atoms with van der Waals surface area (Å²) < 4.78 is 10.8. The van der Waals surface area contributed by atoms with Gasteiger partial charge in [-0.05, 0) is 62.6 Å². The number of nitro benzene ring substituents is 1. The van der Waals surface area contributed by atoms with E-state index in [1.165, 1.54) is 6.07 Å². The van der Waals surface area contributed by atoms with E-state index in [0.717, 1.165) is 36.4 Å². The zero-order valence-corrected chi connectivity index (χ0v) is 16.0. The number of benzene rings is 2. The second-order valence-electron chi connectivity index (χ2n) is 5.92. The van der Waals surface area contributed by atoms with Gasteiger partial charge in [0, 0.05) is 17.3 Å². The molecule has 0 aliphatic carbocycles. The van der Waals surface area contributed by atoms with Crippen molar-refractivity contribution in [3.8, 4) is 11.5 Å². The summed E-state index contributed by atoms with van der Waals surface area (Å²) in [6, 6.07) is 10.5. The molecule has 6 heteroatoms. The predicted molar refractivity (Wildman–Crippen MR) is 105 cm³/mol. The molecule has 0 spiro atoms. The van der Waals surface area contributed by atoms with E-state index in [1.807, 2.05) is 32.0 Å². The van der Waals surface area contributed by atoms with Gasteiger partial charge in [0.25, 0.3) is 5.69 Å². The van der Waals surface area contributed by atoms with Gasteiger partial charge in [0.15, 0.2) is 0 Å². The van der Waals surface area contributed by atoms with Crippen LogP contribution in [0.25, 0.3) is 0 Å². The average molecular weight is 360 g/mol. The lowest BCUT2D eigenvalue weighted by Crippen LogP contribution is -1.97. The molecule has 142 valence electrons. The van der Waals surface area contributed by atoms with Gasteiger partial charge in [0.2, 0.25) is 0 Å². The Kier molecular flexibility index (Phi) is 8.98. The lowest BCUT2D eigenvalue weighted by molar-refractivity contribution is -0.385. The Morgan fingerprint density at radius 2 is 1.42 bits per heavy atom. The Bertz CT molecular complexity index is 717. The lowest BCUT2D eigenvalue weighted by Gasteiger charge is -2.06. The normalized spacial score (nSPS) is 9.85. The van der Waals surface area contributed by atoms with Crippen molar-refractivity contribution in [2.75, 3.05) is 18.9 Å². The third-order valence-corrected chi connectivity index (χ3v) is 3.55. The fourth-order valence-electron chi connectivity index (χ4n) is 2.10. The van der Waals surface area contributed by atoms with Gasteiger partial charge >= 0.3 is 0 Å². The van der Waals surface area contributed by atoms with Crippen molar-refractivity contribution in [1.29, 1.82) is 0 Å². The van der Waals surface area contributed by atoms with E-state index in [2.05, 4.69) is 6.92 Å². The summed E-state index contributed by atoms with van der Waals surface area (Å²) >= 11 is 0. The minimum Gasteiger partial charge on any atom is -0.494 e. The van der Waals surface area contributed by atoms with Crippen molar-refractivity contribution in [3.05, 3.63) is 57.6 Å². The van der Waals surface area contributed by atoms with Crippen LogP contribution in [-0.4, -0.2) is 18.1 Å². The van der Waals surface area contributed by atoms with Gasteiger partial charge in [-0.3, -0.25) is 10.1 Å². The topological polar surface area (TPSA) is 87.6 Å². The summed E-state index contributed by atoms with van der Waals surface area (Å²) in [5.74, 6) is 1.60. The molecule has 0 aromatic heterocycles. The van der Waals surface area contributed by atoms with E-state index in [1.54, 1.807) is 19.1 Å². The highest BCUT2D eigenvalue weighted by Gasteiger charge is 2.10. The lowest BCUT2D eigenvalue weighted by atomic mass is 10.2. The van der Waals surface area contributed by atoms with E-state index >= 15 is 0 Å². The van der Waals surface area contributed by atoms with Crippen LogP contribution in [0.15, 0.2) is 36.4 Å². The molecule has 0 amide bonds. The first-order valence-electron chi connectivity index (χ1n) is 8.75. The molecule has 0 aliphatic heterocycles. The van der Waals surface area contributed by atoms with E-state index < -0.39 is 0 Å². The van der Waals surface area contributed by atoms with E-state index in [9.17, 15) is 10.1 Å². The van der Waals surface area contributed by atoms with Gasteiger partial charge in [-0.15, -0.1) is 0 Å². The molecule has 0 atom stereocenters. The van der Waals surface area contributed by atoms with E-state index in [-0.39, 0.29) is 10.6 Å². The number of nitrogens with two attached hydrogens (primary N) is 1. The number of rotatable bonds is 7. The summed E-state index contributed by atoms with van der Waals surface area (Å²) in [7, 11) is 0. The number of hydrogen-bond acceptors (Lipinski definition) is 5. The standard InChI is InChI=1S/C10H13NO3.C10H15NO/c1-3-6-14-9-4-5-10(11(12)13)8(2)7-9;1-3-6-12-9-4-5-10(11)8(2)7-9/h4-5,7H,3,6H2,1-2H3;4-5,7H,3,6,11H2,1-2H3. The SMILES string of the molecule is CCCOc1ccc(N)c(C)c1.CCCOc1ccc([N+](=O)[O-])c(C)c1. The maximum Gasteiger partial charge on any atom is 0.272 e. The quantitative estimate of drug-likeness (QED) is 0.424. The van der Waals surface area contributed by atoms with Crippen LogP contribution in [0.5, 0.6) is 11.5 Å². The summed E-state index contributed by atoms with van der Waals surface area (Å²) in [6.07, 6.45) is 1.96. The molecule has 2 rings (SSSR count). The second kappa shape index (κ2) is 11.0. The van der Waals surface area contributed by atoms with E-state index in [4.69, 9.17) is 15.2 Å². The van der Waals surface area contributed by atoms with Crippen LogP contribution in [-0.2, 0) is 0 Å². The molecule has 0 saturated carbocycles. The Hall–Kier alpha value is -2.76. The predicted octanol–water partition coefficient (Wildman–Crippen LogP) is 5.06. The molecule has 0 bridgehead atoms. The first-order chi connectivity index (χ1) is 12.4. The monoisotopic (exact) mass is 360 g/mol. The third-order valence-electron chi connectivity index (χ3n) is 3.55. The molecule has 2 aromatic rings. The number of ether oxygens (including phenoxy) is 2. The largest absolute Gasteiger partial charge is 0.494 e. The Morgan fingerprint density at radius 1 is 0.923 bits per heavy atom. The Labute approximate surface area is 155 Å². The maximum absolute atomic E-state index is 10.5. The third kappa shape index (κ3) is 7.01. The molecule has 0 unspecified atom stereocenters. The molecule has 0 heterocycles. The van der Waals surface area contributed by atoms with Gasteiger partial charge in [-0.25, -0.2) is 0 Å². The average Bonchev–Trinajstić information content (AvgIpc) is 2.61. The van der Waals surface area contributed by atoms with Gasteiger partial charge in [-0.2, -0.15) is 0 Å². The van der Waals surface area contributed by atoms with Crippen LogP contribution >= 0.6 is 0 Å². The zero-order valence-electron chi connectivity index (χ0n) is 16.0. The van der Waals surface area contributed by atoms with Crippen molar-refractivity contribution in [2.24, 2.45) is 0 Å². The highest BCUT2D eigenvalue weighted by Crippen LogP contribution is 2.23. The Morgan fingerprint density at radius 3 is 1.85 bits per heavy atom. The van der Waals surface area contributed by atoms with E-state index in [0.29, 0.717) is 17.9 Å². The minimum atomic E-state index is -0.390. The number of nitrogen functional groups attached to an aromatic ring is 1.